The minimum Gasteiger partial charge on any atom is -0.382 e. The molecule has 0 fully saturated rings. The van der Waals surface area contributed by atoms with E-state index in [1.165, 1.54) is 6.07 Å². The van der Waals surface area contributed by atoms with Gasteiger partial charge in [0.05, 0.1) is 32.9 Å². The van der Waals surface area contributed by atoms with Crippen molar-refractivity contribution in [2.45, 2.75) is 0 Å². The Morgan fingerprint density at radius 3 is 2.83 bits per heavy atom. The summed E-state index contributed by atoms with van der Waals surface area (Å²) in [7, 11) is 0. The summed E-state index contributed by atoms with van der Waals surface area (Å²) in [4.78, 5) is 34.7. The highest BCUT2D eigenvalue weighted by atomic mass is 35.5. The fourth-order valence-electron chi connectivity index (χ4n) is 2.69. The van der Waals surface area contributed by atoms with Gasteiger partial charge in [-0.15, -0.1) is 0 Å². The van der Waals surface area contributed by atoms with Crippen LogP contribution < -0.4 is 11.1 Å². The maximum absolute atomic E-state index is 12.9. The standard InChI is InChI=1S/C17H10Cl2N6O3S/c18-8-2-4-11(25(27)28)13(19)12(8)14(26)15-16(20)24-17(29-15)23-7-1-3-9-10(5-7)22-6-21-9/h1-6H,20H2,(H,21,22)(H,23,24). The number of hydrogen-bond acceptors (Lipinski definition) is 8. The number of nitrogens with zero attached hydrogens (tertiary/aromatic N) is 3. The summed E-state index contributed by atoms with van der Waals surface area (Å²) in [6.07, 6.45) is 1.58. The Morgan fingerprint density at radius 2 is 2.07 bits per heavy atom. The van der Waals surface area contributed by atoms with Gasteiger partial charge in [0.25, 0.3) is 5.69 Å². The zero-order chi connectivity index (χ0) is 20.7. The molecule has 0 amide bonds. The second-order valence-corrected chi connectivity index (χ2v) is 7.62. The average Bonchev–Trinajstić information content (AvgIpc) is 3.27. The number of aromatic nitrogens is 3. The number of nitrogens with one attached hydrogen (secondary N) is 2. The number of carbonyl (C=O) groups excluding carboxylic acids is 1. The normalized spacial score (nSPS) is 11.0. The molecule has 29 heavy (non-hydrogen) atoms. The van der Waals surface area contributed by atoms with Crippen molar-refractivity contribution in [1.82, 2.24) is 15.0 Å². The number of nitrogen functional groups attached to an aromatic ring is 1. The van der Waals surface area contributed by atoms with Crippen LogP contribution in [-0.4, -0.2) is 25.7 Å². The van der Waals surface area contributed by atoms with E-state index in [1.807, 2.05) is 12.1 Å². The molecule has 12 heteroatoms. The fourth-order valence-corrected chi connectivity index (χ4v) is 4.15. The lowest BCUT2D eigenvalue weighted by atomic mass is 10.1. The quantitative estimate of drug-likeness (QED) is 0.226. The minimum absolute atomic E-state index is 0.0161. The van der Waals surface area contributed by atoms with Crippen molar-refractivity contribution < 1.29 is 9.72 Å². The molecule has 0 unspecified atom stereocenters. The third-order valence-electron chi connectivity index (χ3n) is 4.03. The SMILES string of the molecule is Nc1nc(Nc2ccc3nc[nH]c3c2)sc1C(=O)c1c(Cl)ccc([N+](=O)[O-])c1Cl. The molecule has 4 N–H and O–H groups in total. The summed E-state index contributed by atoms with van der Waals surface area (Å²) in [5, 5.41) is 14.2. The van der Waals surface area contributed by atoms with Gasteiger partial charge in [0.15, 0.2) is 5.13 Å². The summed E-state index contributed by atoms with van der Waals surface area (Å²) in [5.41, 5.74) is 7.63. The largest absolute Gasteiger partial charge is 0.382 e. The van der Waals surface area contributed by atoms with Crippen LogP contribution in [-0.2, 0) is 0 Å². The highest BCUT2D eigenvalue weighted by Gasteiger charge is 2.27. The number of hydrogen-bond donors (Lipinski definition) is 3. The summed E-state index contributed by atoms with van der Waals surface area (Å²) < 4.78 is 0. The number of ketones is 1. The number of nitro benzene ring substituents is 1. The summed E-state index contributed by atoms with van der Waals surface area (Å²) >= 11 is 13.1. The van der Waals surface area contributed by atoms with Crippen LogP contribution in [0.2, 0.25) is 10.0 Å². The first kappa shape index (κ1) is 19.1. The average molecular weight is 449 g/mol. The molecule has 0 bridgehead atoms. The molecule has 4 aromatic rings. The molecular formula is C17H10Cl2N6O3S. The molecule has 0 radical (unpaired) electrons. The Bertz CT molecular complexity index is 1290. The van der Waals surface area contributed by atoms with Crippen LogP contribution in [0.4, 0.5) is 22.3 Å². The highest BCUT2D eigenvalue weighted by molar-refractivity contribution is 7.18. The van der Waals surface area contributed by atoms with Crippen molar-refractivity contribution >= 4 is 73.7 Å². The van der Waals surface area contributed by atoms with Gasteiger partial charge in [-0.1, -0.05) is 34.5 Å². The van der Waals surface area contributed by atoms with E-state index in [1.54, 1.807) is 12.4 Å². The van der Waals surface area contributed by atoms with Crippen LogP contribution in [0.25, 0.3) is 11.0 Å². The Kier molecular flexibility index (Phi) is 4.82. The molecule has 2 aromatic heterocycles. The molecule has 2 heterocycles. The summed E-state index contributed by atoms with van der Waals surface area (Å²) in [6.45, 7) is 0. The van der Waals surface area contributed by atoms with Crippen molar-refractivity contribution in [2.75, 3.05) is 11.1 Å². The van der Waals surface area contributed by atoms with Crippen molar-refractivity contribution in [1.29, 1.82) is 0 Å². The third-order valence-corrected chi connectivity index (χ3v) is 5.71. The van der Waals surface area contributed by atoms with E-state index in [-0.39, 0.29) is 26.3 Å². The monoisotopic (exact) mass is 448 g/mol. The van der Waals surface area contributed by atoms with E-state index in [2.05, 4.69) is 20.3 Å². The maximum Gasteiger partial charge on any atom is 0.288 e. The number of thiazole rings is 1. The summed E-state index contributed by atoms with van der Waals surface area (Å²) in [5.74, 6) is -0.681. The van der Waals surface area contributed by atoms with E-state index in [0.29, 0.717) is 10.8 Å². The molecular weight excluding hydrogens is 439 g/mol. The number of aromatic amines is 1. The predicted octanol–water partition coefficient (Wildman–Crippen LogP) is 4.79. The number of nitrogens with two attached hydrogens (primary N) is 1. The van der Waals surface area contributed by atoms with Gasteiger partial charge in [-0.2, -0.15) is 0 Å². The maximum atomic E-state index is 12.9. The van der Waals surface area contributed by atoms with Crippen LogP contribution in [0.5, 0.6) is 0 Å². The lowest BCUT2D eigenvalue weighted by molar-refractivity contribution is -0.384. The third kappa shape index (κ3) is 3.48. The van der Waals surface area contributed by atoms with Crippen molar-refractivity contribution in [3.05, 3.63) is 67.3 Å². The molecule has 0 atom stereocenters. The topological polar surface area (TPSA) is 140 Å². The van der Waals surface area contributed by atoms with Gasteiger partial charge >= 0.3 is 0 Å². The Labute approximate surface area is 176 Å². The number of fused-ring (bicyclic) bond motifs is 1. The van der Waals surface area contributed by atoms with Crippen molar-refractivity contribution in [3.8, 4) is 0 Å². The van der Waals surface area contributed by atoms with Gasteiger partial charge in [-0.3, -0.25) is 14.9 Å². The van der Waals surface area contributed by atoms with E-state index in [9.17, 15) is 14.9 Å². The van der Waals surface area contributed by atoms with Crippen LogP contribution in [0.3, 0.4) is 0 Å². The van der Waals surface area contributed by atoms with E-state index in [4.69, 9.17) is 28.9 Å². The lowest BCUT2D eigenvalue weighted by Gasteiger charge is -2.05. The van der Waals surface area contributed by atoms with Gasteiger partial charge < -0.3 is 16.0 Å². The van der Waals surface area contributed by atoms with Crippen molar-refractivity contribution in [3.63, 3.8) is 0 Å². The molecule has 2 aromatic carbocycles. The molecule has 146 valence electrons. The minimum atomic E-state index is -0.690. The number of nitro groups is 1. The number of H-pyrrole nitrogens is 1. The van der Waals surface area contributed by atoms with Gasteiger partial charge in [-0.25, -0.2) is 9.97 Å². The first-order valence-corrected chi connectivity index (χ1v) is 9.56. The van der Waals surface area contributed by atoms with Crippen molar-refractivity contribution in [2.24, 2.45) is 0 Å². The molecule has 9 nitrogen and oxygen atoms in total. The van der Waals surface area contributed by atoms with Gasteiger partial charge in [0.1, 0.15) is 15.7 Å². The first-order valence-electron chi connectivity index (χ1n) is 7.98. The van der Waals surface area contributed by atoms with Gasteiger partial charge in [-0.05, 0) is 24.3 Å². The van der Waals surface area contributed by atoms with Gasteiger partial charge in [0.2, 0.25) is 5.78 Å². The molecule has 0 spiro atoms. The van der Waals surface area contributed by atoms with Crippen LogP contribution in [0, 0.1) is 10.1 Å². The van der Waals surface area contributed by atoms with Crippen LogP contribution >= 0.6 is 34.5 Å². The molecule has 0 saturated carbocycles. The van der Waals surface area contributed by atoms with Crippen LogP contribution in [0.1, 0.15) is 15.2 Å². The van der Waals surface area contributed by atoms with E-state index >= 15 is 0 Å². The molecule has 0 aliphatic heterocycles. The molecule has 0 saturated heterocycles. The second kappa shape index (κ2) is 7.32. The predicted molar refractivity (Wildman–Crippen MR) is 112 cm³/mol. The summed E-state index contributed by atoms with van der Waals surface area (Å²) in [6, 6.07) is 7.83. The Hall–Kier alpha value is -3.21. The van der Waals surface area contributed by atoms with E-state index < -0.39 is 16.4 Å². The van der Waals surface area contributed by atoms with Gasteiger partial charge in [0, 0.05) is 11.8 Å². The molecule has 0 aliphatic rings. The molecule has 4 rings (SSSR count). The Balaban J connectivity index is 1.68. The number of benzene rings is 2. The number of halogens is 2. The smallest absolute Gasteiger partial charge is 0.288 e. The number of imidazole rings is 1. The fraction of sp³-hybridized carbons (Fsp3) is 0. The zero-order valence-corrected chi connectivity index (χ0v) is 16.6. The highest BCUT2D eigenvalue weighted by Crippen LogP contribution is 2.37. The number of carbonyl (C=O) groups is 1. The van der Waals surface area contributed by atoms with E-state index in [0.717, 1.165) is 28.4 Å². The molecule has 0 aliphatic carbocycles. The zero-order valence-electron chi connectivity index (χ0n) is 14.3. The number of anilines is 3. The number of rotatable bonds is 5. The second-order valence-electron chi connectivity index (χ2n) is 5.83. The first-order chi connectivity index (χ1) is 13.8. The lowest BCUT2D eigenvalue weighted by Crippen LogP contribution is -2.06. The Morgan fingerprint density at radius 1 is 1.28 bits per heavy atom. The van der Waals surface area contributed by atoms with Crippen LogP contribution in [0.15, 0.2) is 36.7 Å².